The predicted molar refractivity (Wildman–Crippen MR) is 89.0 cm³/mol. The van der Waals surface area contributed by atoms with Gasteiger partial charge in [-0.2, -0.15) is 9.40 Å². The van der Waals surface area contributed by atoms with Gasteiger partial charge in [-0.25, -0.2) is 8.42 Å². The molecule has 2 aromatic rings. The van der Waals surface area contributed by atoms with E-state index in [0.29, 0.717) is 43.3 Å². The first-order chi connectivity index (χ1) is 11.7. The van der Waals surface area contributed by atoms with Gasteiger partial charge in [-0.05, 0) is 19.9 Å². The summed E-state index contributed by atoms with van der Waals surface area (Å²) in [5.74, 6) is 0.504. The van der Waals surface area contributed by atoms with Gasteiger partial charge in [-0.1, -0.05) is 5.16 Å². The van der Waals surface area contributed by atoms with E-state index in [1.54, 1.807) is 18.5 Å². The molecule has 1 aliphatic rings. The Morgan fingerprint density at radius 1 is 1.36 bits per heavy atom. The van der Waals surface area contributed by atoms with Crippen LogP contribution in [0.25, 0.3) is 0 Å². The maximum absolute atomic E-state index is 12.1. The van der Waals surface area contributed by atoms with Crippen molar-refractivity contribution in [2.45, 2.75) is 39.9 Å². The maximum Gasteiger partial charge on any atom is 0.224 e. The first-order valence-electron chi connectivity index (χ1n) is 7.93. The minimum Gasteiger partial charge on any atom is -0.361 e. The topological polar surface area (TPSA) is 110 Å². The van der Waals surface area contributed by atoms with Gasteiger partial charge in [0.05, 0.1) is 49.4 Å². The number of carbonyl (C=O) groups excluding carboxylic acids is 1. The summed E-state index contributed by atoms with van der Waals surface area (Å²) in [5, 5.41) is 11.1. The Bertz CT molecular complexity index is 880. The Morgan fingerprint density at radius 3 is 2.76 bits per heavy atom. The molecular weight excluding hydrogens is 346 g/mol. The fourth-order valence-corrected chi connectivity index (χ4v) is 3.62. The first kappa shape index (κ1) is 17.6. The van der Waals surface area contributed by atoms with Crippen molar-refractivity contribution in [1.82, 2.24) is 24.6 Å². The highest BCUT2D eigenvalue weighted by Gasteiger charge is 2.24. The molecule has 0 unspecified atom stereocenters. The number of sulfonamides is 1. The van der Waals surface area contributed by atoms with Crippen molar-refractivity contribution >= 4 is 15.9 Å². The monoisotopic (exact) mass is 367 g/mol. The Hall–Kier alpha value is -2.20. The molecule has 10 heteroatoms. The number of nitrogens with one attached hydrogen (secondary N) is 1. The minimum atomic E-state index is -3.21. The molecule has 1 N–H and O–H groups in total. The number of aryl methyl sites for hydroxylation is 2. The molecule has 1 aliphatic heterocycles. The molecule has 2 aromatic heterocycles. The molecular formula is C15H21N5O4S. The van der Waals surface area contributed by atoms with Gasteiger partial charge in [-0.3, -0.25) is 9.48 Å². The number of aromatic nitrogens is 3. The SMILES string of the molecule is Cc1noc(C)c1CC(=O)NCc1cc2n(n1)CCN(S(C)(=O)=O)C2. The summed E-state index contributed by atoms with van der Waals surface area (Å²) < 4.78 is 31.6. The largest absolute Gasteiger partial charge is 0.361 e. The summed E-state index contributed by atoms with van der Waals surface area (Å²) in [6.07, 6.45) is 1.41. The van der Waals surface area contributed by atoms with E-state index in [4.69, 9.17) is 4.52 Å². The Labute approximate surface area is 146 Å². The summed E-state index contributed by atoms with van der Waals surface area (Å²) >= 11 is 0. The van der Waals surface area contributed by atoms with Crippen LogP contribution in [0.1, 0.15) is 28.4 Å². The van der Waals surface area contributed by atoms with E-state index in [9.17, 15) is 13.2 Å². The number of rotatable bonds is 5. The molecule has 3 rings (SSSR count). The quantitative estimate of drug-likeness (QED) is 0.804. The van der Waals surface area contributed by atoms with Crippen LogP contribution in [0.15, 0.2) is 10.6 Å². The molecule has 0 spiro atoms. The van der Waals surface area contributed by atoms with Gasteiger partial charge in [0.15, 0.2) is 0 Å². The average Bonchev–Trinajstić information content (AvgIpc) is 3.09. The minimum absolute atomic E-state index is 0.141. The van der Waals surface area contributed by atoms with Crippen molar-refractivity contribution < 1.29 is 17.7 Å². The highest BCUT2D eigenvalue weighted by atomic mass is 32.2. The Morgan fingerprint density at radius 2 is 2.12 bits per heavy atom. The van der Waals surface area contributed by atoms with Crippen LogP contribution < -0.4 is 5.32 Å². The van der Waals surface area contributed by atoms with Gasteiger partial charge < -0.3 is 9.84 Å². The molecule has 1 amide bonds. The van der Waals surface area contributed by atoms with Gasteiger partial charge in [0.25, 0.3) is 0 Å². The van der Waals surface area contributed by atoms with Crippen molar-refractivity contribution in [2.75, 3.05) is 12.8 Å². The van der Waals surface area contributed by atoms with Crippen LogP contribution in [-0.2, 0) is 40.9 Å². The van der Waals surface area contributed by atoms with Crippen LogP contribution in [0.2, 0.25) is 0 Å². The van der Waals surface area contributed by atoms with E-state index in [2.05, 4.69) is 15.6 Å². The van der Waals surface area contributed by atoms with Gasteiger partial charge in [0, 0.05) is 12.1 Å². The lowest BCUT2D eigenvalue weighted by molar-refractivity contribution is -0.120. The number of carbonyl (C=O) groups is 1. The lowest BCUT2D eigenvalue weighted by Gasteiger charge is -2.25. The molecule has 0 saturated heterocycles. The molecule has 136 valence electrons. The smallest absolute Gasteiger partial charge is 0.224 e. The van der Waals surface area contributed by atoms with Gasteiger partial charge >= 0.3 is 0 Å². The molecule has 3 heterocycles. The van der Waals surface area contributed by atoms with Crippen molar-refractivity contribution in [3.8, 4) is 0 Å². The molecule has 0 atom stereocenters. The Balaban J connectivity index is 1.60. The molecule has 25 heavy (non-hydrogen) atoms. The normalized spacial score (nSPS) is 15.2. The molecule has 0 radical (unpaired) electrons. The second kappa shape index (κ2) is 6.60. The number of hydrogen-bond acceptors (Lipinski definition) is 6. The average molecular weight is 367 g/mol. The molecule has 0 saturated carbocycles. The van der Waals surface area contributed by atoms with Crippen LogP contribution in [-0.4, -0.2) is 46.4 Å². The van der Waals surface area contributed by atoms with E-state index < -0.39 is 10.0 Å². The summed E-state index contributed by atoms with van der Waals surface area (Å²) in [6.45, 7) is 5.09. The van der Waals surface area contributed by atoms with Crippen LogP contribution in [0.5, 0.6) is 0 Å². The lowest BCUT2D eigenvalue weighted by atomic mass is 10.1. The van der Waals surface area contributed by atoms with E-state index in [1.165, 1.54) is 10.6 Å². The van der Waals surface area contributed by atoms with Crippen LogP contribution in [0, 0.1) is 13.8 Å². The predicted octanol–water partition coefficient (Wildman–Crippen LogP) is 0.122. The molecule has 0 fully saturated rings. The second-order valence-electron chi connectivity index (χ2n) is 6.20. The van der Waals surface area contributed by atoms with Gasteiger partial charge in [0.2, 0.25) is 15.9 Å². The summed E-state index contributed by atoms with van der Waals surface area (Å²) in [5.41, 5.74) is 3.04. The van der Waals surface area contributed by atoms with Crippen molar-refractivity contribution in [3.63, 3.8) is 0 Å². The lowest BCUT2D eigenvalue weighted by Crippen LogP contribution is -2.37. The fourth-order valence-electron chi connectivity index (χ4n) is 2.84. The molecule has 9 nitrogen and oxygen atoms in total. The Kier molecular flexibility index (Phi) is 4.65. The van der Waals surface area contributed by atoms with Crippen LogP contribution in [0.3, 0.4) is 0 Å². The standard InChI is InChI=1S/C15H21N5O4S/c1-10-14(11(2)24-18-10)7-15(21)16-8-12-6-13-9-19(25(3,22)23)4-5-20(13)17-12/h6H,4-5,7-9H2,1-3H3,(H,16,21). The highest BCUT2D eigenvalue weighted by molar-refractivity contribution is 7.88. The van der Waals surface area contributed by atoms with Crippen LogP contribution >= 0.6 is 0 Å². The van der Waals surface area contributed by atoms with E-state index >= 15 is 0 Å². The molecule has 0 aliphatic carbocycles. The van der Waals surface area contributed by atoms with Gasteiger partial charge in [-0.15, -0.1) is 0 Å². The van der Waals surface area contributed by atoms with E-state index in [1.807, 2.05) is 6.07 Å². The zero-order valence-corrected chi connectivity index (χ0v) is 15.3. The summed E-state index contributed by atoms with van der Waals surface area (Å²) in [6, 6.07) is 1.83. The van der Waals surface area contributed by atoms with E-state index in [0.717, 1.165) is 11.3 Å². The zero-order chi connectivity index (χ0) is 18.2. The molecule has 0 bridgehead atoms. The first-order valence-corrected chi connectivity index (χ1v) is 9.78. The molecule has 0 aromatic carbocycles. The summed E-state index contributed by atoms with van der Waals surface area (Å²) in [7, 11) is -3.21. The number of hydrogen-bond donors (Lipinski definition) is 1. The van der Waals surface area contributed by atoms with Crippen molar-refractivity contribution in [2.24, 2.45) is 0 Å². The second-order valence-corrected chi connectivity index (χ2v) is 8.19. The fraction of sp³-hybridized carbons (Fsp3) is 0.533. The highest BCUT2D eigenvalue weighted by Crippen LogP contribution is 2.16. The van der Waals surface area contributed by atoms with Crippen molar-refractivity contribution in [3.05, 3.63) is 34.5 Å². The number of fused-ring (bicyclic) bond motifs is 1. The zero-order valence-electron chi connectivity index (χ0n) is 14.4. The van der Waals surface area contributed by atoms with E-state index in [-0.39, 0.29) is 12.3 Å². The maximum atomic E-state index is 12.1. The third kappa shape index (κ3) is 3.90. The number of amides is 1. The van der Waals surface area contributed by atoms with Crippen molar-refractivity contribution in [1.29, 1.82) is 0 Å². The number of nitrogens with zero attached hydrogens (tertiary/aromatic N) is 4. The third-order valence-corrected chi connectivity index (χ3v) is 5.52. The third-order valence-electron chi connectivity index (χ3n) is 4.27. The summed E-state index contributed by atoms with van der Waals surface area (Å²) in [4.78, 5) is 12.1. The van der Waals surface area contributed by atoms with Gasteiger partial charge in [0.1, 0.15) is 5.76 Å². The van der Waals surface area contributed by atoms with Crippen LogP contribution in [0.4, 0.5) is 0 Å².